The molecule has 27 heavy (non-hydrogen) atoms. The topological polar surface area (TPSA) is 71.5 Å². The lowest BCUT2D eigenvalue weighted by Crippen LogP contribution is -2.51. The number of rotatable bonds is 6. The fourth-order valence-corrected chi connectivity index (χ4v) is 4.08. The maximum absolute atomic E-state index is 12.9. The second-order valence-corrected chi connectivity index (χ2v) is 7.60. The van der Waals surface area contributed by atoms with Gasteiger partial charge in [0.25, 0.3) is 5.91 Å². The number of nitrogens with one attached hydrogen (secondary N) is 1. The number of piperidine rings is 1. The molecular weight excluding hydrogens is 342 g/mol. The molecule has 0 radical (unpaired) electrons. The SMILES string of the molecule is CCCO[C@@H]1C[C@@H](C(=O)N2CCCCC2)CC[C@H]1NC(=O)c1ccccn1. The molecule has 3 rings (SSSR count). The number of aromatic nitrogens is 1. The van der Waals surface area contributed by atoms with Crippen LogP contribution in [0.15, 0.2) is 24.4 Å². The van der Waals surface area contributed by atoms with Gasteiger partial charge in [0.05, 0.1) is 12.1 Å². The molecule has 0 aromatic carbocycles. The highest BCUT2D eigenvalue weighted by molar-refractivity contribution is 5.92. The van der Waals surface area contributed by atoms with Gasteiger partial charge in [0.2, 0.25) is 5.91 Å². The fraction of sp³-hybridized carbons (Fsp3) is 0.667. The molecule has 0 spiro atoms. The highest BCUT2D eigenvalue weighted by atomic mass is 16.5. The Balaban J connectivity index is 1.61. The lowest BCUT2D eigenvalue weighted by atomic mass is 9.82. The Morgan fingerprint density at radius 1 is 1.22 bits per heavy atom. The maximum atomic E-state index is 12.9. The standard InChI is InChI=1S/C21H31N3O3/c1-2-14-27-19-15-16(21(26)24-12-6-3-7-13-24)9-10-17(19)23-20(25)18-8-4-5-11-22-18/h4-5,8,11,16-17,19H,2-3,6-7,9-10,12-15H2,1H3,(H,23,25)/t16-,17+,19+/m0/s1. The number of carbonyl (C=O) groups is 2. The quantitative estimate of drug-likeness (QED) is 0.832. The van der Waals surface area contributed by atoms with E-state index in [0.29, 0.717) is 18.7 Å². The van der Waals surface area contributed by atoms with Crippen LogP contribution in [0.1, 0.15) is 62.4 Å². The number of likely N-dealkylation sites (tertiary alicyclic amines) is 1. The van der Waals surface area contributed by atoms with Crippen LogP contribution in [0.25, 0.3) is 0 Å². The third-order valence-electron chi connectivity index (χ3n) is 5.56. The summed E-state index contributed by atoms with van der Waals surface area (Å²) in [5.41, 5.74) is 0.415. The van der Waals surface area contributed by atoms with Crippen molar-refractivity contribution in [3.8, 4) is 0 Å². The van der Waals surface area contributed by atoms with Crippen molar-refractivity contribution >= 4 is 11.8 Å². The number of amides is 2. The van der Waals surface area contributed by atoms with Crippen LogP contribution < -0.4 is 5.32 Å². The first-order valence-electron chi connectivity index (χ1n) is 10.3. The minimum atomic E-state index is -0.175. The number of ether oxygens (including phenoxy) is 1. The minimum Gasteiger partial charge on any atom is -0.376 e. The van der Waals surface area contributed by atoms with Gasteiger partial charge < -0.3 is 15.0 Å². The Morgan fingerprint density at radius 2 is 2.04 bits per heavy atom. The van der Waals surface area contributed by atoms with Crippen LogP contribution >= 0.6 is 0 Å². The van der Waals surface area contributed by atoms with E-state index in [9.17, 15) is 9.59 Å². The first-order chi connectivity index (χ1) is 13.2. The summed E-state index contributed by atoms with van der Waals surface area (Å²) in [4.78, 5) is 31.5. The lowest BCUT2D eigenvalue weighted by molar-refractivity contribution is -0.140. The van der Waals surface area contributed by atoms with Gasteiger partial charge in [-0.15, -0.1) is 0 Å². The van der Waals surface area contributed by atoms with E-state index in [2.05, 4.69) is 17.2 Å². The molecule has 1 N–H and O–H groups in total. The van der Waals surface area contributed by atoms with Crippen LogP contribution in [-0.2, 0) is 9.53 Å². The number of hydrogen-bond acceptors (Lipinski definition) is 4. The third kappa shape index (κ3) is 5.28. The fourth-order valence-electron chi connectivity index (χ4n) is 4.08. The van der Waals surface area contributed by atoms with E-state index in [1.54, 1.807) is 24.4 Å². The molecule has 2 amide bonds. The van der Waals surface area contributed by atoms with Gasteiger partial charge in [-0.1, -0.05) is 13.0 Å². The van der Waals surface area contributed by atoms with Crippen LogP contribution in [0.5, 0.6) is 0 Å². The molecule has 0 bridgehead atoms. The van der Waals surface area contributed by atoms with Crippen molar-refractivity contribution in [2.75, 3.05) is 19.7 Å². The van der Waals surface area contributed by atoms with Crippen molar-refractivity contribution in [3.63, 3.8) is 0 Å². The summed E-state index contributed by atoms with van der Waals surface area (Å²) < 4.78 is 6.04. The zero-order chi connectivity index (χ0) is 19.1. The van der Waals surface area contributed by atoms with Crippen LogP contribution in [0.4, 0.5) is 0 Å². The first-order valence-corrected chi connectivity index (χ1v) is 10.3. The van der Waals surface area contributed by atoms with Gasteiger partial charge >= 0.3 is 0 Å². The molecule has 0 unspecified atom stereocenters. The molecule has 148 valence electrons. The second-order valence-electron chi connectivity index (χ2n) is 7.60. The zero-order valence-electron chi connectivity index (χ0n) is 16.2. The molecule has 1 saturated carbocycles. The van der Waals surface area contributed by atoms with E-state index in [1.165, 1.54) is 6.42 Å². The van der Waals surface area contributed by atoms with Crippen molar-refractivity contribution in [1.29, 1.82) is 0 Å². The summed E-state index contributed by atoms with van der Waals surface area (Å²) in [5, 5.41) is 3.08. The molecule has 3 atom stereocenters. The number of pyridine rings is 1. The monoisotopic (exact) mass is 373 g/mol. The van der Waals surface area contributed by atoms with E-state index in [1.807, 2.05) is 4.90 Å². The molecule has 6 nitrogen and oxygen atoms in total. The number of carbonyl (C=O) groups excluding carboxylic acids is 2. The van der Waals surface area contributed by atoms with Crippen LogP contribution in [0, 0.1) is 5.92 Å². The van der Waals surface area contributed by atoms with Crippen molar-refractivity contribution in [1.82, 2.24) is 15.2 Å². The molecule has 1 aliphatic heterocycles. The van der Waals surface area contributed by atoms with Gasteiger partial charge in [0.15, 0.2) is 0 Å². The Labute approximate surface area is 161 Å². The van der Waals surface area contributed by atoms with E-state index in [-0.39, 0.29) is 29.9 Å². The minimum absolute atomic E-state index is 0.00737. The number of nitrogens with zero attached hydrogens (tertiary/aromatic N) is 2. The molecule has 2 heterocycles. The third-order valence-corrected chi connectivity index (χ3v) is 5.56. The summed E-state index contributed by atoms with van der Waals surface area (Å²) in [6.07, 6.45) is 8.10. The zero-order valence-corrected chi connectivity index (χ0v) is 16.2. The highest BCUT2D eigenvalue weighted by Crippen LogP contribution is 2.29. The average Bonchev–Trinajstić information content (AvgIpc) is 2.73. The van der Waals surface area contributed by atoms with Crippen LogP contribution in [0.3, 0.4) is 0 Å². The Morgan fingerprint density at radius 3 is 2.74 bits per heavy atom. The van der Waals surface area contributed by atoms with Crippen LogP contribution in [-0.4, -0.2) is 53.5 Å². The Hall–Kier alpha value is -1.95. The van der Waals surface area contributed by atoms with Gasteiger partial charge in [0.1, 0.15) is 5.69 Å². The molecule has 1 aromatic heterocycles. The molecule has 1 aliphatic carbocycles. The second kappa shape index (κ2) is 9.83. The van der Waals surface area contributed by atoms with E-state index in [0.717, 1.165) is 45.2 Å². The Bertz CT molecular complexity index is 616. The molecule has 1 aromatic rings. The van der Waals surface area contributed by atoms with Gasteiger partial charge in [-0.2, -0.15) is 0 Å². The van der Waals surface area contributed by atoms with Crippen molar-refractivity contribution in [2.24, 2.45) is 5.92 Å². The summed E-state index contributed by atoms with van der Waals surface area (Å²) >= 11 is 0. The van der Waals surface area contributed by atoms with Gasteiger partial charge in [-0.3, -0.25) is 14.6 Å². The van der Waals surface area contributed by atoms with Gasteiger partial charge in [-0.25, -0.2) is 0 Å². The normalized spacial score (nSPS) is 25.8. The molecular formula is C21H31N3O3. The predicted octanol–water partition coefficient (Wildman–Crippen LogP) is 2.79. The smallest absolute Gasteiger partial charge is 0.270 e. The number of hydrogen-bond donors (Lipinski definition) is 1. The summed E-state index contributed by atoms with van der Waals surface area (Å²) in [6.45, 7) is 4.48. The average molecular weight is 373 g/mol. The molecule has 2 fully saturated rings. The highest BCUT2D eigenvalue weighted by Gasteiger charge is 2.37. The van der Waals surface area contributed by atoms with Crippen molar-refractivity contribution in [2.45, 2.75) is 64.0 Å². The Kier molecular flexibility index (Phi) is 7.21. The largest absolute Gasteiger partial charge is 0.376 e. The van der Waals surface area contributed by atoms with E-state index >= 15 is 0 Å². The predicted molar refractivity (Wildman–Crippen MR) is 103 cm³/mol. The first kappa shape index (κ1) is 19.8. The van der Waals surface area contributed by atoms with Crippen molar-refractivity contribution in [3.05, 3.63) is 30.1 Å². The maximum Gasteiger partial charge on any atom is 0.270 e. The van der Waals surface area contributed by atoms with Gasteiger partial charge in [-0.05, 0) is 57.1 Å². The summed E-state index contributed by atoms with van der Waals surface area (Å²) in [7, 11) is 0. The summed E-state index contributed by atoms with van der Waals surface area (Å²) in [6, 6.07) is 5.24. The van der Waals surface area contributed by atoms with E-state index < -0.39 is 0 Å². The summed E-state index contributed by atoms with van der Waals surface area (Å²) in [5.74, 6) is 0.105. The van der Waals surface area contributed by atoms with Gasteiger partial charge in [0, 0.05) is 31.8 Å². The van der Waals surface area contributed by atoms with Crippen molar-refractivity contribution < 1.29 is 14.3 Å². The molecule has 6 heteroatoms. The van der Waals surface area contributed by atoms with E-state index in [4.69, 9.17) is 4.74 Å². The molecule has 1 saturated heterocycles. The molecule has 2 aliphatic rings. The lowest BCUT2D eigenvalue weighted by Gasteiger charge is -2.38. The van der Waals surface area contributed by atoms with Crippen LogP contribution in [0.2, 0.25) is 0 Å².